The third-order valence-corrected chi connectivity index (χ3v) is 5.37. The number of benzene rings is 1. The van der Waals surface area contributed by atoms with Crippen molar-refractivity contribution >= 4 is 5.91 Å². The van der Waals surface area contributed by atoms with E-state index in [2.05, 4.69) is 11.0 Å². The van der Waals surface area contributed by atoms with Crippen molar-refractivity contribution in [2.24, 2.45) is 11.7 Å². The van der Waals surface area contributed by atoms with Crippen molar-refractivity contribution in [2.75, 3.05) is 13.7 Å². The molecule has 4 nitrogen and oxygen atoms in total. The second-order valence-corrected chi connectivity index (χ2v) is 6.97. The van der Waals surface area contributed by atoms with Gasteiger partial charge in [0.15, 0.2) is 0 Å². The molecule has 2 N–H and O–H groups in total. The van der Waals surface area contributed by atoms with E-state index in [-0.39, 0.29) is 12.0 Å². The fourth-order valence-electron chi connectivity index (χ4n) is 4.15. The molecule has 126 valence electrons. The molecule has 1 heterocycles. The average molecular weight is 316 g/mol. The van der Waals surface area contributed by atoms with E-state index in [1.165, 1.54) is 5.56 Å². The fraction of sp³-hybridized carbons (Fsp3) is 0.632. The molecule has 3 rings (SSSR count). The maximum Gasteiger partial charge on any atom is 0.225 e. The van der Waals surface area contributed by atoms with Crippen LogP contribution in [0.2, 0.25) is 0 Å². The Balaban J connectivity index is 1.68. The Bertz CT molecular complexity index is 546. The van der Waals surface area contributed by atoms with Gasteiger partial charge in [0, 0.05) is 24.5 Å². The van der Waals surface area contributed by atoms with Gasteiger partial charge in [-0.05, 0) is 50.2 Å². The number of nitrogens with two attached hydrogens (primary N) is 1. The number of nitrogens with zero attached hydrogens (tertiary/aromatic N) is 1. The molecular formula is C19H28N2O2. The van der Waals surface area contributed by atoms with Crippen molar-refractivity contribution in [3.05, 3.63) is 29.8 Å². The van der Waals surface area contributed by atoms with E-state index in [0.29, 0.717) is 11.9 Å². The number of carbonyl (C=O) groups is 1. The number of rotatable bonds is 4. The van der Waals surface area contributed by atoms with E-state index in [1.807, 2.05) is 18.2 Å². The lowest BCUT2D eigenvalue weighted by Gasteiger charge is -2.32. The number of amides is 1. The average Bonchev–Trinajstić information content (AvgIpc) is 3.03. The van der Waals surface area contributed by atoms with Crippen LogP contribution >= 0.6 is 0 Å². The largest absolute Gasteiger partial charge is 0.496 e. The summed E-state index contributed by atoms with van der Waals surface area (Å²) in [5.74, 6) is 1.39. The minimum atomic E-state index is 0.136. The summed E-state index contributed by atoms with van der Waals surface area (Å²) in [6.07, 6.45) is 7.08. The lowest BCUT2D eigenvalue weighted by atomic mass is 9.85. The van der Waals surface area contributed by atoms with Crippen molar-refractivity contribution in [3.8, 4) is 5.75 Å². The normalized spacial score (nSPS) is 27.9. The smallest absolute Gasteiger partial charge is 0.225 e. The summed E-state index contributed by atoms with van der Waals surface area (Å²) in [7, 11) is 1.71. The number of methoxy groups -OCH3 is 1. The molecule has 2 fully saturated rings. The van der Waals surface area contributed by atoms with Crippen LogP contribution in [-0.2, 0) is 11.2 Å². The summed E-state index contributed by atoms with van der Waals surface area (Å²) in [6, 6.07) is 8.64. The highest BCUT2D eigenvalue weighted by Gasteiger charge is 2.35. The van der Waals surface area contributed by atoms with E-state index in [0.717, 1.165) is 57.2 Å². The van der Waals surface area contributed by atoms with Crippen LogP contribution in [0.25, 0.3) is 0 Å². The highest BCUT2D eigenvalue weighted by molar-refractivity contribution is 5.79. The Kier molecular flexibility index (Phi) is 5.21. The second-order valence-electron chi connectivity index (χ2n) is 6.97. The lowest BCUT2D eigenvalue weighted by molar-refractivity contribution is -0.137. The van der Waals surface area contributed by atoms with Crippen molar-refractivity contribution < 1.29 is 9.53 Å². The van der Waals surface area contributed by atoms with Crippen LogP contribution in [0.3, 0.4) is 0 Å². The Morgan fingerprint density at radius 1 is 1.26 bits per heavy atom. The van der Waals surface area contributed by atoms with Gasteiger partial charge in [-0.1, -0.05) is 24.6 Å². The van der Waals surface area contributed by atoms with Gasteiger partial charge in [0.2, 0.25) is 5.91 Å². The van der Waals surface area contributed by atoms with Gasteiger partial charge in [0.25, 0.3) is 0 Å². The molecule has 1 amide bonds. The van der Waals surface area contributed by atoms with Crippen LogP contribution in [-0.4, -0.2) is 36.5 Å². The van der Waals surface area contributed by atoms with Crippen LogP contribution in [0.15, 0.2) is 24.3 Å². The van der Waals surface area contributed by atoms with Gasteiger partial charge in [-0.25, -0.2) is 0 Å². The Morgan fingerprint density at radius 2 is 2.09 bits per heavy atom. The maximum absolute atomic E-state index is 12.9. The number of ether oxygens (including phenoxy) is 1. The number of para-hydroxylation sites is 1. The maximum atomic E-state index is 12.9. The lowest BCUT2D eigenvalue weighted by Crippen LogP contribution is -2.43. The Labute approximate surface area is 139 Å². The predicted octanol–water partition coefficient (Wildman–Crippen LogP) is 2.75. The molecule has 1 aromatic rings. The van der Waals surface area contributed by atoms with Crippen molar-refractivity contribution in [1.82, 2.24) is 4.90 Å². The number of hydrogen-bond donors (Lipinski definition) is 1. The first-order valence-corrected chi connectivity index (χ1v) is 8.87. The molecule has 1 aliphatic carbocycles. The first-order valence-electron chi connectivity index (χ1n) is 8.87. The molecule has 4 heteroatoms. The molecule has 2 aliphatic rings. The molecule has 1 aromatic carbocycles. The first kappa shape index (κ1) is 16.3. The zero-order valence-electron chi connectivity index (χ0n) is 14.0. The zero-order chi connectivity index (χ0) is 16.2. The first-order chi connectivity index (χ1) is 11.2. The van der Waals surface area contributed by atoms with E-state index in [9.17, 15) is 4.79 Å². The Hall–Kier alpha value is -1.55. The monoisotopic (exact) mass is 316 g/mol. The van der Waals surface area contributed by atoms with Gasteiger partial charge >= 0.3 is 0 Å². The zero-order valence-corrected chi connectivity index (χ0v) is 14.0. The number of carbonyl (C=O) groups excluding carboxylic acids is 1. The minimum absolute atomic E-state index is 0.136. The molecule has 0 spiro atoms. The number of likely N-dealkylation sites (tertiary alicyclic amines) is 1. The van der Waals surface area contributed by atoms with Crippen molar-refractivity contribution in [3.63, 3.8) is 0 Å². The van der Waals surface area contributed by atoms with E-state index >= 15 is 0 Å². The molecule has 1 saturated carbocycles. The van der Waals surface area contributed by atoms with Gasteiger partial charge in [0.1, 0.15) is 5.75 Å². The second kappa shape index (κ2) is 7.35. The third kappa shape index (κ3) is 3.69. The van der Waals surface area contributed by atoms with Gasteiger partial charge in [0.05, 0.1) is 7.11 Å². The molecule has 23 heavy (non-hydrogen) atoms. The summed E-state index contributed by atoms with van der Waals surface area (Å²) in [4.78, 5) is 15.1. The minimum Gasteiger partial charge on any atom is -0.496 e. The molecule has 1 saturated heterocycles. The summed E-state index contributed by atoms with van der Waals surface area (Å²) in [6.45, 7) is 0.893. The topological polar surface area (TPSA) is 55.6 Å². The highest BCUT2D eigenvalue weighted by atomic mass is 16.5. The summed E-state index contributed by atoms with van der Waals surface area (Å²) < 4.78 is 5.46. The number of hydrogen-bond acceptors (Lipinski definition) is 3. The van der Waals surface area contributed by atoms with Crippen LogP contribution in [0, 0.1) is 5.92 Å². The van der Waals surface area contributed by atoms with Crippen LogP contribution in [0.5, 0.6) is 5.75 Å². The van der Waals surface area contributed by atoms with Crippen LogP contribution in [0.1, 0.15) is 44.1 Å². The van der Waals surface area contributed by atoms with Gasteiger partial charge in [-0.2, -0.15) is 0 Å². The summed E-state index contributed by atoms with van der Waals surface area (Å²) in [5.41, 5.74) is 7.26. The van der Waals surface area contributed by atoms with E-state index < -0.39 is 0 Å². The SMILES string of the molecule is COc1ccccc1CC1CCCN1C(=O)C1CCCC(N)C1. The molecule has 0 bridgehead atoms. The Morgan fingerprint density at radius 3 is 2.87 bits per heavy atom. The van der Waals surface area contributed by atoms with Crippen LogP contribution < -0.4 is 10.5 Å². The highest BCUT2D eigenvalue weighted by Crippen LogP contribution is 2.31. The van der Waals surface area contributed by atoms with Gasteiger partial charge in [-0.3, -0.25) is 4.79 Å². The quantitative estimate of drug-likeness (QED) is 0.929. The molecule has 0 radical (unpaired) electrons. The molecular weight excluding hydrogens is 288 g/mol. The molecule has 3 unspecified atom stereocenters. The van der Waals surface area contributed by atoms with Crippen LogP contribution in [0.4, 0.5) is 0 Å². The third-order valence-electron chi connectivity index (χ3n) is 5.37. The summed E-state index contributed by atoms with van der Waals surface area (Å²) in [5, 5.41) is 0. The van der Waals surface area contributed by atoms with Gasteiger partial charge < -0.3 is 15.4 Å². The molecule has 3 atom stereocenters. The molecule has 1 aliphatic heterocycles. The fourth-order valence-corrected chi connectivity index (χ4v) is 4.15. The van der Waals surface area contributed by atoms with Crippen molar-refractivity contribution in [2.45, 2.75) is 57.0 Å². The molecule has 0 aromatic heterocycles. The standard InChI is InChI=1S/C19H28N2O2/c1-23-18-10-3-2-6-14(18)13-17-9-5-11-21(17)19(22)15-7-4-8-16(20)12-15/h2-3,6,10,15-17H,4-5,7-9,11-13,20H2,1H3. The van der Waals surface area contributed by atoms with E-state index in [4.69, 9.17) is 10.5 Å². The van der Waals surface area contributed by atoms with Gasteiger partial charge in [-0.15, -0.1) is 0 Å². The van der Waals surface area contributed by atoms with Crippen molar-refractivity contribution in [1.29, 1.82) is 0 Å². The summed E-state index contributed by atoms with van der Waals surface area (Å²) >= 11 is 0. The van der Waals surface area contributed by atoms with E-state index in [1.54, 1.807) is 7.11 Å². The predicted molar refractivity (Wildman–Crippen MR) is 91.4 cm³/mol.